The van der Waals surface area contributed by atoms with Crippen molar-refractivity contribution in [1.82, 2.24) is 4.98 Å². The third kappa shape index (κ3) is 4.04. The molecule has 1 aromatic heterocycles. The average molecular weight is 315 g/mol. The molecule has 0 fully saturated rings. The Morgan fingerprint density at radius 3 is 2.48 bits per heavy atom. The van der Waals surface area contributed by atoms with Gasteiger partial charge in [-0.1, -0.05) is 29.8 Å². The summed E-state index contributed by atoms with van der Waals surface area (Å²) in [6.45, 7) is 6.39. The number of aryl methyl sites for hydroxylation is 2. The van der Waals surface area contributed by atoms with Gasteiger partial charge in [0, 0.05) is 25.4 Å². The SMILES string of the molecule is CCN(CC(O)c1ccc(C)cc1)c1ncc(C)cc1[N+](=O)[O-]. The van der Waals surface area contributed by atoms with E-state index >= 15 is 0 Å². The fourth-order valence-corrected chi connectivity index (χ4v) is 2.39. The van der Waals surface area contributed by atoms with Gasteiger partial charge in [0.05, 0.1) is 11.0 Å². The maximum atomic E-state index is 11.3. The summed E-state index contributed by atoms with van der Waals surface area (Å²) in [6, 6.07) is 9.10. The summed E-state index contributed by atoms with van der Waals surface area (Å²) in [5.74, 6) is 0.286. The van der Waals surface area contributed by atoms with Gasteiger partial charge in [0.25, 0.3) is 0 Å². The average Bonchev–Trinajstić information content (AvgIpc) is 2.53. The van der Waals surface area contributed by atoms with Crippen LogP contribution in [-0.4, -0.2) is 28.1 Å². The minimum absolute atomic E-state index is 0.0389. The molecule has 0 aliphatic rings. The molecule has 122 valence electrons. The van der Waals surface area contributed by atoms with E-state index in [2.05, 4.69) is 4.98 Å². The number of hydrogen-bond acceptors (Lipinski definition) is 5. The molecular weight excluding hydrogens is 294 g/mol. The zero-order valence-electron chi connectivity index (χ0n) is 13.6. The first kappa shape index (κ1) is 16.9. The van der Waals surface area contributed by atoms with Gasteiger partial charge in [0.15, 0.2) is 0 Å². The van der Waals surface area contributed by atoms with E-state index < -0.39 is 11.0 Å². The van der Waals surface area contributed by atoms with Crippen LogP contribution < -0.4 is 4.90 Å². The molecule has 2 aromatic rings. The molecule has 1 aromatic carbocycles. The molecule has 2 rings (SSSR count). The van der Waals surface area contributed by atoms with Crippen LogP contribution in [0.3, 0.4) is 0 Å². The number of pyridine rings is 1. The topological polar surface area (TPSA) is 79.5 Å². The van der Waals surface area contributed by atoms with Crippen molar-refractivity contribution >= 4 is 11.5 Å². The van der Waals surface area contributed by atoms with Crippen molar-refractivity contribution in [1.29, 1.82) is 0 Å². The molecule has 1 atom stereocenters. The molecule has 23 heavy (non-hydrogen) atoms. The zero-order valence-corrected chi connectivity index (χ0v) is 13.6. The van der Waals surface area contributed by atoms with Crippen molar-refractivity contribution in [3.63, 3.8) is 0 Å². The number of rotatable bonds is 6. The number of aromatic nitrogens is 1. The maximum Gasteiger partial charge on any atom is 0.311 e. The van der Waals surface area contributed by atoms with E-state index in [1.165, 1.54) is 6.07 Å². The number of nitrogens with zero attached hydrogens (tertiary/aromatic N) is 3. The van der Waals surface area contributed by atoms with E-state index in [1.807, 2.05) is 38.1 Å². The molecule has 0 saturated heterocycles. The number of hydrogen-bond donors (Lipinski definition) is 1. The van der Waals surface area contributed by atoms with Crippen molar-refractivity contribution < 1.29 is 10.0 Å². The molecule has 1 N–H and O–H groups in total. The minimum Gasteiger partial charge on any atom is -0.387 e. The predicted molar refractivity (Wildman–Crippen MR) is 89.7 cm³/mol. The van der Waals surface area contributed by atoms with Gasteiger partial charge in [-0.3, -0.25) is 10.1 Å². The molecule has 1 unspecified atom stereocenters. The Bertz CT molecular complexity index is 686. The Morgan fingerprint density at radius 1 is 1.26 bits per heavy atom. The Hall–Kier alpha value is -2.47. The van der Waals surface area contributed by atoms with Gasteiger partial charge in [-0.15, -0.1) is 0 Å². The number of aliphatic hydroxyl groups is 1. The summed E-state index contributed by atoms with van der Waals surface area (Å²) in [5, 5.41) is 21.7. The van der Waals surface area contributed by atoms with Gasteiger partial charge in [-0.25, -0.2) is 4.98 Å². The second kappa shape index (κ2) is 7.19. The fraction of sp³-hybridized carbons (Fsp3) is 0.353. The van der Waals surface area contributed by atoms with Crippen LogP contribution >= 0.6 is 0 Å². The van der Waals surface area contributed by atoms with Crippen molar-refractivity contribution in [3.05, 3.63) is 63.3 Å². The highest BCUT2D eigenvalue weighted by atomic mass is 16.6. The van der Waals surface area contributed by atoms with Crippen LogP contribution in [0.5, 0.6) is 0 Å². The van der Waals surface area contributed by atoms with Crippen LogP contribution in [-0.2, 0) is 0 Å². The second-order valence-corrected chi connectivity index (χ2v) is 5.58. The number of anilines is 1. The van der Waals surface area contributed by atoms with Gasteiger partial charge in [-0.2, -0.15) is 0 Å². The molecule has 0 aliphatic heterocycles. The smallest absolute Gasteiger partial charge is 0.311 e. The standard InChI is InChI=1S/C17H21N3O3/c1-4-19(11-16(21)14-7-5-12(2)6-8-14)17-15(20(22)23)9-13(3)10-18-17/h5-10,16,21H,4,11H2,1-3H3. The van der Waals surface area contributed by atoms with Crippen LogP contribution in [0, 0.1) is 24.0 Å². The maximum absolute atomic E-state index is 11.3. The highest BCUT2D eigenvalue weighted by molar-refractivity contribution is 5.58. The van der Waals surface area contributed by atoms with Crippen LogP contribution in [0.1, 0.15) is 29.7 Å². The summed E-state index contributed by atoms with van der Waals surface area (Å²) < 4.78 is 0. The quantitative estimate of drug-likeness (QED) is 0.654. The van der Waals surface area contributed by atoms with Gasteiger partial charge < -0.3 is 10.0 Å². The monoisotopic (exact) mass is 315 g/mol. The largest absolute Gasteiger partial charge is 0.387 e. The predicted octanol–water partition coefficient (Wildman–Crippen LogP) is 3.17. The van der Waals surface area contributed by atoms with Crippen LogP contribution in [0.4, 0.5) is 11.5 Å². The molecule has 0 aliphatic carbocycles. The molecule has 6 heteroatoms. The molecule has 0 bridgehead atoms. The fourth-order valence-electron chi connectivity index (χ4n) is 2.39. The lowest BCUT2D eigenvalue weighted by molar-refractivity contribution is -0.384. The Balaban J connectivity index is 2.26. The molecule has 6 nitrogen and oxygen atoms in total. The number of likely N-dealkylation sites (N-methyl/N-ethyl adjacent to an activating group) is 1. The second-order valence-electron chi connectivity index (χ2n) is 5.58. The lowest BCUT2D eigenvalue weighted by Gasteiger charge is -2.25. The zero-order chi connectivity index (χ0) is 17.0. The molecule has 0 saturated carbocycles. The number of benzene rings is 1. The molecular formula is C17H21N3O3. The van der Waals surface area contributed by atoms with E-state index in [9.17, 15) is 15.2 Å². The third-order valence-electron chi connectivity index (χ3n) is 3.72. The van der Waals surface area contributed by atoms with Crippen molar-refractivity contribution in [2.75, 3.05) is 18.0 Å². The normalized spacial score (nSPS) is 12.0. The highest BCUT2D eigenvalue weighted by Gasteiger charge is 2.22. The van der Waals surface area contributed by atoms with Crippen molar-refractivity contribution in [3.8, 4) is 0 Å². The molecule has 0 spiro atoms. The van der Waals surface area contributed by atoms with Crippen LogP contribution in [0.15, 0.2) is 36.5 Å². The van der Waals surface area contributed by atoms with Gasteiger partial charge in [0.1, 0.15) is 0 Å². The first-order valence-corrected chi connectivity index (χ1v) is 7.53. The summed E-state index contributed by atoms with van der Waals surface area (Å²) in [4.78, 5) is 16.8. The minimum atomic E-state index is -0.738. The van der Waals surface area contributed by atoms with E-state index in [4.69, 9.17) is 0 Å². The summed E-state index contributed by atoms with van der Waals surface area (Å²) in [5.41, 5.74) is 2.59. The number of aliphatic hydroxyl groups excluding tert-OH is 1. The van der Waals surface area contributed by atoms with E-state index in [1.54, 1.807) is 18.0 Å². The van der Waals surface area contributed by atoms with Crippen molar-refractivity contribution in [2.24, 2.45) is 0 Å². The lowest BCUT2D eigenvalue weighted by atomic mass is 10.1. The Morgan fingerprint density at radius 2 is 1.91 bits per heavy atom. The Kier molecular flexibility index (Phi) is 5.28. The molecule has 0 amide bonds. The highest BCUT2D eigenvalue weighted by Crippen LogP contribution is 2.28. The summed E-state index contributed by atoms with van der Waals surface area (Å²) in [6.07, 6.45) is 0.863. The van der Waals surface area contributed by atoms with Gasteiger partial charge in [-0.05, 0) is 31.9 Å². The van der Waals surface area contributed by atoms with E-state index in [-0.39, 0.29) is 18.1 Å². The lowest BCUT2D eigenvalue weighted by Crippen LogP contribution is -2.29. The summed E-state index contributed by atoms with van der Waals surface area (Å²) >= 11 is 0. The first-order valence-electron chi connectivity index (χ1n) is 7.53. The first-order chi connectivity index (χ1) is 10.9. The van der Waals surface area contributed by atoms with E-state index in [0.717, 1.165) is 16.7 Å². The van der Waals surface area contributed by atoms with Crippen LogP contribution in [0.2, 0.25) is 0 Å². The molecule has 1 heterocycles. The molecule has 0 radical (unpaired) electrons. The van der Waals surface area contributed by atoms with Crippen LogP contribution in [0.25, 0.3) is 0 Å². The van der Waals surface area contributed by atoms with Gasteiger partial charge >= 0.3 is 5.69 Å². The van der Waals surface area contributed by atoms with Gasteiger partial charge in [0.2, 0.25) is 5.82 Å². The summed E-state index contributed by atoms with van der Waals surface area (Å²) in [7, 11) is 0. The number of nitro groups is 1. The third-order valence-corrected chi connectivity index (χ3v) is 3.72. The van der Waals surface area contributed by atoms with Crippen molar-refractivity contribution in [2.45, 2.75) is 26.9 Å². The van der Waals surface area contributed by atoms with E-state index in [0.29, 0.717) is 6.54 Å². The Labute approximate surface area is 135 Å².